The van der Waals surface area contributed by atoms with Crippen LogP contribution in [0, 0.1) is 0 Å². The van der Waals surface area contributed by atoms with Gasteiger partial charge in [-0.1, -0.05) is 231 Å². The SMILES string of the molecule is c1ccc(-c2ccc(N(c3ccc(-c4cccc5c4-c4ccccc4C54c5ccccc5-n5c6ccccc6c6cccc4c65)cc3)c3ccc4c(c3)C3(c5ccccc5-c5ccccc53)c3ccccc3-4)cc2)cc1. The number of benzene rings is 12. The molecule has 1 atom stereocenters. The van der Waals surface area contributed by atoms with Crippen LogP contribution in [0.15, 0.2) is 279 Å². The highest BCUT2D eigenvalue weighted by molar-refractivity contribution is 6.13. The molecule has 4 aliphatic rings. The maximum Gasteiger partial charge on any atom is 0.0754 e. The number of anilines is 3. The molecule has 2 heteroatoms. The third-order valence-corrected chi connectivity index (χ3v) is 17.6. The Kier molecular flexibility index (Phi) is 8.44. The quantitative estimate of drug-likeness (QED) is 0.167. The van der Waals surface area contributed by atoms with Crippen LogP contribution in [0.5, 0.6) is 0 Å². The lowest BCUT2D eigenvalue weighted by atomic mass is 9.65. The molecular weight excluding hydrogens is 917 g/mol. The van der Waals surface area contributed by atoms with E-state index in [1.165, 1.54) is 128 Å². The first-order valence-electron chi connectivity index (χ1n) is 26.6. The van der Waals surface area contributed by atoms with Crippen LogP contribution < -0.4 is 4.90 Å². The molecule has 352 valence electrons. The summed E-state index contributed by atoms with van der Waals surface area (Å²) in [5, 5.41) is 2.58. The number of hydrogen-bond donors (Lipinski definition) is 0. The lowest BCUT2D eigenvalue weighted by molar-refractivity contribution is 0.748. The van der Waals surface area contributed by atoms with E-state index in [-0.39, 0.29) is 0 Å². The average molecular weight is 963 g/mol. The molecule has 13 aromatic rings. The number of para-hydroxylation sites is 3. The van der Waals surface area contributed by atoms with Gasteiger partial charge in [0.05, 0.1) is 27.6 Å². The van der Waals surface area contributed by atoms with Crippen molar-refractivity contribution in [3.63, 3.8) is 0 Å². The normalized spacial score (nSPS) is 15.3. The van der Waals surface area contributed by atoms with E-state index in [0.29, 0.717) is 0 Å². The van der Waals surface area contributed by atoms with Gasteiger partial charge in [-0.2, -0.15) is 0 Å². The number of hydrogen-bond acceptors (Lipinski definition) is 1. The highest BCUT2D eigenvalue weighted by Gasteiger charge is 2.53. The first-order chi connectivity index (χ1) is 37.7. The maximum atomic E-state index is 2.52. The Hall–Kier alpha value is -9.76. The van der Waals surface area contributed by atoms with Crippen molar-refractivity contribution < 1.29 is 0 Å². The summed E-state index contributed by atoms with van der Waals surface area (Å²) in [6.45, 7) is 0. The fourth-order valence-electron chi connectivity index (χ4n) is 14.7. The summed E-state index contributed by atoms with van der Waals surface area (Å²) in [7, 11) is 0. The zero-order valence-corrected chi connectivity index (χ0v) is 41.5. The van der Waals surface area contributed by atoms with Gasteiger partial charge in [-0.25, -0.2) is 0 Å². The summed E-state index contributed by atoms with van der Waals surface area (Å²) in [5.41, 5.74) is 29.4. The van der Waals surface area contributed by atoms with E-state index in [1.807, 2.05) is 0 Å². The number of aromatic nitrogens is 1. The summed E-state index contributed by atoms with van der Waals surface area (Å²) in [6.07, 6.45) is 0. The molecule has 12 aromatic carbocycles. The van der Waals surface area contributed by atoms with E-state index in [1.54, 1.807) is 0 Å². The first-order valence-corrected chi connectivity index (χ1v) is 26.6. The molecular formula is C74H46N2. The summed E-state index contributed by atoms with van der Waals surface area (Å²) in [6, 6.07) is 105. The smallest absolute Gasteiger partial charge is 0.0754 e. The van der Waals surface area contributed by atoms with Crippen molar-refractivity contribution in [2.45, 2.75) is 10.8 Å². The molecule has 76 heavy (non-hydrogen) atoms. The molecule has 2 nitrogen and oxygen atoms in total. The first kappa shape index (κ1) is 41.7. The monoisotopic (exact) mass is 962 g/mol. The Morgan fingerprint density at radius 2 is 0.711 bits per heavy atom. The fourth-order valence-corrected chi connectivity index (χ4v) is 14.7. The molecule has 2 heterocycles. The van der Waals surface area contributed by atoms with E-state index in [9.17, 15) is 0 Å². The van der Waals surface area contributed by atoms with Crippen LogP contribution in [0.25, 0.3) is 83.1 Å². The highest BCUT2D eigenvalue weighted by atomic mass is 15.1. The lowest BCUT2D eigenvalue weighted by Gasteiger charge is -2.39. The Balaban J connectivity index is 0.854. The van der Waals surface area contributed by atoms with Gasteiger partial charge in [0.25, 0.3) is 0 Å². The second-order valence-electron chi connectivity index (χ2n) is 21.0. The topological polar surface area (TPSA) is 8.17 Å². The molecule has 1 unspecified atom stereocenters. The molecule has 0 saturated heterocycles. The molecule has 3 aliphatic carbocycles. The maximum absolute atomic E-state index is 2.52. The zero-order valence-electron chi connectivity index (χ0n) is 41.5. The third kappa shape index (κ3) is 5.25. The van der Waals surface area contributed by atoms with Gasteiger partial charge < -0.3 is 9.47 Å². The molecule has 2 spiro atoms. The predicted octanol–water partition coefficient (Wildman–Crippen LogP) is 18.6. The Labute approximate surface area is 441 Å². The van der Waals surface area contributed by atoms with Gasteiger partial charge in [0.15, 0.2) is 0 Å². The van der Waals surface area contributed by atoms with E-state index < -0.39 is 10.8 Å². The third-order valence-electron chi connectivity index (χ3n) is 17.6. The Bertz CT molecular complexity index is 4510. The van der Waals surface area contributed by atoms with Crippen molar-refractivity contribution in [1.82, 2.24) is 4.57 Å². The van der Waals surface area contributed by atoms with Gasteiger partial charge >= 0.3 is 0 Å². The number of rotatable bonds is 5. The van der Waals surface area contributed by atoms with Crippen molar-refractivity contribution >= 4 is 38.9 Å². The minimum atomic E-state index is -0.518. The van der Waals surface area contributed by atoms with E-state index >= 15 is 0 Å². The minimum absolute atomic E-state index is 0.454. The van der Waals surface area contributed by atoms with E-state index in [2.05, 4.69) is 289 Å². The van der Waals surface area contributed by atoms with Crippen LogP contribution >= 0.6 is 0 Å². The Morgan fingerprint density at radius 3 is 1.39 bits per heavy atom. The predicted molar refractivity (Wildman–Crippen MR) is 313 cm³/mol. The second kappa shape index (κ2) is 15.4. The number of nitrogens with zero attached hydrogens (tertiary/aromatic N) is 2. The number of fused-ring (bicyclic) bond motifs is 22. The molecule has 0 radical (unpaired) electrons. The van der Waals surface area contributed by atoms with Crippen molar-refractivity contribution in [1.29, 1.82) is 0 Å². The van der Waals surface area contributed by atoms with Gasteiger partial charge in [0.2, 0.25) is 0 Å². The average Bonchev–Trinajstić information content (AvgIpc) is 4.38. The van der Waals surface area contributed by atoms with Crippen LogP contribution in [0.2, 0.25) is 0 Å². The summed E-state index contributed by atoms with van der Waals surface area (Å²) >= 11 is 0. The molecule has 1 aliphatic heterocycles. The van der Waals surface area contributed by atoms with Crippen LogP contribution in [0.1, 0.15) is 44.5 Å². The standard InChI is InChI=1S/C74H46N2/c1-2-18-47(19-3-1)48-36-40-50(41-37-48)75(52-44-45-57-56-22-6-11-29-63(56)73(68(57)46-52)61-27-9-4-20-54(61)55-21-5-10-28-62(55)73)51-42-38-49(39-43-51)53-25-16-32-66-71(53)60-24-7-12-30-64(60)74(66)65-31-13-15-35-70(65)76-69-34-14-8-23-58(69)59-26-17-33-67(74)72(59)76/h1-46H. The molecule has 1 aromatic heterocycles. The van der Waals surface area contributed by atoms with Gasteiger partial charge in [-0.3, -0.25) is 0 Å². The molecule has 0 saturated carbocycles. The van der Waals surface area contributed by atoms with Crippen molar-refractivity contribution in [3.8, 4) is 61.3 Å². The summed E-state index contributed by atoms with van der Waals surface area (Å²) in [4.78, 5) is 2.46. The fraction of sp³-hybridized carbons (Fsp3) is 0.0270. The van der Waals surface area contributed by atoms with Gasteiger partial charge in [0.1, 0.15) is 0 Å². The van der Waals surface area contributed by atoms with E-state index in [4.69, 9.17) is 0 Å². The zero-order chi connectivity index (χ0) is 49.7. The van der Waals surface area contributed by atoms with Gasteiger partial charge in [-0.15, -0.1) is 0 Å². The van der Waals surface area contributed by atoms with Crippen molar-refractivity contribution in [3.05, 3.63) is 324 Å². The van der Waals surface area contributed by atoms with Crippen LogP contribution in [0.3, 0.4) is 0 Å². The van der Waals surface area contributed by atoms with Gasteiger partial charge in [0, 0.05) is 27.8 Å². The van der Waals surface area contributed by atoms with Crippen LogP contribution in [-0.2, 0) is 10.8 Å². The van der Waals surface area contributed by atoms with Crippen LogP contribution in [-0.4, -0.2) is 4.57 Å². The molecule has 0 N–H and O–H groups in total. The van der Waals surface area contributed by atoms with Crippen molar-refractivity contribution in [2.24, 2.45) is 0 Å². The summed E-state index contributed by atoms with van der Waals surface area (Å²) in [5.74, 6) is 0. The lowest BCUT2D eigenvalue weighted by Crippen LogP contribution is -2.33. The largest absolute Gasteiger partial charge is 0.310 e. The molecule has 0 amide bonds. The minimum Gasteiger partial charge on any atom is -0.310 e. The summed E-state index contributed by atoms with van der Waals surface area (Å²) < 4.78 is 2.52. The highest BCUT2D eigenvalue weighted by Crippen LogP contribution is 2.65. The second-order valence-corrected chi connectivity index (χ2v) is 21.0. The van der Waals surface area contributed by atoms with Gasteiger partial charge in [-0.05, 0) is 149 Å². The van der Waals surface area contributed by atoms with Crippen molar-refractivity contribution in [2.75, 3.05) is 4.90 Å². The molecule has 17 rings (SSSR count). The molecule has 0 bridgehead atoms. The Morgan fingerprint density at radius 1 is 0.263 bits per heavy atom. The van der Waals surface area contributed by atoms with E-state index in [0.717, 1.165) is 17.1 Å². The van der Waals surface area contributed by atoms with Crippen LogP contribution in [0.4, 0.5) is 17.1 Å². The molecule has 0 fully saturated rings.